The molecule has 2 saturated heterocycles. The zero-order valence-electron chi connectivity index (χ0n) is 34.7. The van der Waals surface area contributed by atoms with Crippen molar-refractivity contribution in [1.29, 1.82) is 0 Å². The number of sulfonamides is 2. The minimum atomic E-state index is -5.05. The third kappa shape index (κ3) is 11.5. The average molecular weight is 1040 g/mol. The first-order valence-electron chi connectivity index (χ1n) is 19.0. The lowest BCUT2D eigenvalue weighted by Crippen LogP contribution is -2.42. The van der Waals surface area contributed by atoms with E-state index in [4.69, 9.17) is 9.47 Å². The van der Waals surface area contributed by atoms with Crippen molar-refractivity contribution in [3.8, 4) is 11.5 Å². The maximum Gasteiger partial charge on any atom is 0.295 e. The van der Waals surface area contributed by atoms with E-state index < -0.39 is 92.9 Å². The lowest BCUT2D eigenvalue weighted by atomic mass is 10.1. The Balaban J connectivity index is 1.23. The smallest absolute Gasteiger partial charge is 0.295 e. The van der Waals surface area contributed by atoms with Crippen LogP contribution < -0.4 is 20.1 Å². The summed E-state index contributed by atoms with van der Waals surface area (Å²) in [6.45, 7) is -0.792. The van der Waals surface area contributed by atoms with Crippen LogP contribution in [-0.2, 0) is 40.3 Å². The number of anilines is 2. The predicted molar refractivity (Wildman–Crippen MR) is 246 cm³/mol. The fourth-order valence-electron chi connectivity index (χ4n) is 6.75. The Kier molecular flexibility index (Phi) is 14.7. The van der Waals surface area contributed by atoms with E-state index in [0.717, 1.165) is 57.2 Å². The molecule has 28 heteroatoms. The molecule has 0 unspecified atom stereocenters. The van der Waals surface area contributed by atoms with Gasteiger partial charge in [0.2, 0.25) is 20.0 Å². The van der Waals surface area contributed by atoms with Gasteiger partial charge in [0.05, 0.1) is 37.2 Å². The van der Waals surface area contributed by atoms with Crippen LogP contribution in [0.15, 0.2) is 92.4 Å². The van der Waals surface area contributed by atoms with Gasteiger partial charge < -0.3 is 20.1 Å². The number of hydrogen-bond donors (Lipinski definition) is 8. The number of carbonyl (C=O) groups excluding carboxylic acids is 2. The summed E-state index contributed by atoms with van der Waals surface area (Å²) in [5, 5.41) is 4.85. The summed E-state index contributed by atoms with van der Waals surface area (Å²) in [4.78, 5) is 24.4. The van der Waals surface area contributed by atoms with Gasteiger partial charge in [-0.05, 0) is 71.8 Å². The molecule has 8 N–H and O–H groups in total. The highest BCUT2D eigenvalue weighted by Crippen LogP contribution is 2.43. The molecule has 0 saturated carbocycles. The van der Waals surface area contributed by atoms with Crippen molar-refractivity contribution in [2.24, 2.45) is 0 Å². The molecule has 0 aliphatic carbocycles. The first-order valence-corrected chi connectivity index (χ1v) is 28.6. The number of ether oxygens (including phenoxy) is 2. The van der Waals surface area contributed by atoms with Gasteiger partial charge >= 0.3 is 0 Å². The summed E-state index contributed by atoms with van der Waals surface area (Å²) in [5.41, 5.74) is -1.23. The number of methoxy groups -OCH3 is 2. The molecule has 2 amide bonds. The molecule has 66 heavy (non-hydrogen) atoms. The normalized spacial score (nSPS) is 18.2. The highest BCUT2D eigenvalue weighted by atomic mass is 32.3. The third-order valence-electron chi connectivity index (χ3n) is 10.3. The van der Waals surface area contributed by atoms with Crippen LogP contribution in [-0.4, -0.2) is 145 Å². The van der Waals surface area contributed by atoms with Gasteiger partial charge in [0.25, 0.3) is 32.1 Å². The second kappa shape index (κ2) is 19.1. The Morgan fingerprint density at radius 1 is 0.530 bits per heavy atom. The van der Waals surface area contributed by atoms with Crippen LogP contribution in [0, 0.1) is 0 Å². The molecule has 2 aliphatic rings. The van der Waals surface area contributed by atoms with Crippen LogP contribution in [0.3, 0.4) is 0 Å². The van der Waals surface area contributed by atoms with Gasteiger partial charge in [-0.3, -0.25) is 36.9 Å². The Morgan fingerprint density at radius 3 is 1.17 bits per heavy atom. The maximum atomic E-state index is 13.5. The van der Waals surface area contributed by atoms with Crippen molar-refractivity contribution in [1.82, 2.24) is 8.61 Å². The van der Waals surface area contributed by atoms with Crippen LogP contribution in [0.1, 0.15) is 31.8 Å². The number of rotatable bonds is 14. The van der Waals surface area contributed by atoms with Crippen molar-refractivity contribution < 1.29 is 80.1 Å². The van der Waals surface area contributed by atoms with Crippen molar-refractivity contribution in [2.45, 2.75) is 19.6 Å². The van der Waals surface area contributed by atoms with Gasteiger partial charge in [-0.2, -0.15) is 46.6 Å². The molecule has 4 aromatic rings. The number of hydrogen-bond acceptors (Lipinski definition) is 16. The largest absolute Gasteiger partial charge is 0.495 e. The molecule has 0 spiro atoms. The summed E-state index contributed by atoms with van der Waals surface area (Å²) < 4.78 is 177. The summed E-state index contributed by atoms with van der Waals surface area (Å²) in [5.74, 6) is -2.76. The molecule has 4 aromatic carbocycles. The average Bonchev–Trinajstić information content (AvgIpc) is 3.24. The lowest BCUT2D eigenvalue weighted by Gasteiger charge is -2.40. The topological polar surface area (TPSA) is 341 Å². The second-order valence-corrected chi connectivity index (χ2v) is 26.1. The minimum Gasteiger partial charge on any atom is -0.495 e. The standard InChI is InChI=1S/C38H44N4O18S6/c1-59-31-11-7-27(21-35(31)63(49,50)41-13-17-61(45,46)18-14-41)37(43)39-29-9-5-25(33(23-29)65(53,54)55)3-4-26-6-10-30(24-34(26)66(56,57)58)40-38(44)28-8-12-32(60-2)36(22-28)64(51,52)42-15-19-62(47,48)20-16-42/h3-12,21-24,45-48H,13-20H2,1-2H3,(H,39,43)(H,40,44)(H,53,54,55)(H,56,57,58)/b4-3+. The third-order valence-corrected chi connectivity index (χ3v) is 19.3. The maximum absolute atomic E-state index is 13.5. The number of amides is 2. The summed E-state index contributed by atoms with van der Waals surface area (Å²) in [7, 11) is -22.1. The molecule has 0 aromatic heterocycles. The fourth-order valence-corrected chi connectivity index (χ4v) is 14.3. The zero-order chi connectivity index (χ0) is 48.6. The molecule has 0 bridgehead atoms. The molecule has 22 nitrogen and oxygen atoms in total. The fraction of sp³-hybridized carbons (Fsp3) is 0.263. The first-order chi connectivity index (χ1) is 30.6. The van der Waals surface area contributed by atoms with Crippen LogP contribution >= 0.6 is 21.2 Å². The summed E-state index contributed by atoms with van der Waals surface area (Å²) >= 11 is 0. The van der Waals surface area contributed by atoms with E-state index in [9.17, 15) is 70.6 Å². The van der Waals surface area contributed by atoms with Gasteiger partial charge in [0.15, 0.2) is 0 Å². The van der Waals surface area contributed by atoms with Crippen LogP contribution in [0.25, 0.3) is 12.2 Å². The molecular weight excluding hydrogens is 993 g/mol. The van der Waals surface area contributed by atoms with Gasteiger partial charge in [-0.1, -0.05) is 24.3 Å². The molecule has 360 valence electrons. The number of carbonyl (C=O) groups is 2. The highest BCUT2D eigenvalue weighted by molar-refractivity contribution is 8.24. The summed E-state index contributed by atoms with van der Waals surface area (Å²) in [6.07, 6.45) is 2.14. The van der Waals surface area contributed by atoms with Crippen LogP contribution in [0.2, 0.25) is 0 Å². The molecule has 0 atom stereocenters. The van der Waals surface area contributed by atoms with E-state index in [-0.39, 0.29) is 94.3 Å². The SMILES string of the molecule is COc1ccc(C(=O)Nc2ccc(/C=C/c3ccc(NC(=O)c4ccc(OC)c(S(=O)(=O)N5CCS(O)(O)CC5)c4)cc3S(=O)(=O)O)c(S(=O)(=O)O)c2)cc1S(=O)(=O)N1CCS(O)(O)CC1. The van der Waals surface area contributed by atoms with E-state index >= 15 is 0 Å². The van der Waals surface area contributed by atoms with E-state index in [1.54, 1.807) is 0 Å². The quantitative estimate of drug-likeness (QED) is 0.0641. The zero-order valence-corrected chi connectivity index (χ0v) is 39.6. The van der Waals surface area contributed by atoms with E-state index in [2.05, 4.69) is 10.6 Å². The summed E-state index contributed by atoms with van der Waals surface area (Å²) in [6, 6.07) is 13.5. The molecule has 0 radical (unpaired) electrons. The first kappa shape index (κ1) is 50.7. The lowest BCUT2D eigenvalue weighted by molar-refractivity contribution is 0.101. The van der Waals surface area contributed by atoms with Crippen LogP contribution in [0.4, 0.5) is 11.4 Å². The minimum absolute atomic E-state index is 0.108. The Morgan fingerprint density at radius 2 is 0.864 bits per heavy atom. The van der Waals surface area contributed by atoms with Gasteiger partial charge in [-0.25, -0.2) is 16.8 Å². The van der Waals surface area contributed by atoms with Gasteiger partial charge in [-0.15, -0.1) is 0 Å². The van der Waals surface area contributed by atoms with Gasteiger partial charge in [0.1, 0.15) is 31.1 Å². The number of benzene rings is 4. The highest BCUT2D eigenvalue weighted by Gasteiger charge is 2.35. The Labute approximate surface area is 383 Å². The van der Waals surface area contributed by atoms with Gasteiger partial charge in [0, 0.05) is 48.7 Å². The molecule has 2 aliphatic heterocycles. The predicted octanol–water partition coefficient (Wildman–Crippen LogP) is 4.38. The number of nitrogens with zero attached hydrogens (tertiary/aromatic N) is 2. The Bertz CT molecular complexity index is 2850. The van der Waals surface area contributed by atoms with E-state index in [1.807, 2.05) is 0 Å². The van der Waals surface area contributed by atoms with Crippen molar-refractivity contribution in [3.63, 3.8) is 0 Å². The second-order valence-electron chi connectivity index (χ2n) is 14.7. The van der Waals surface area contributed by atoms with Crippen molar-refractivity contribution in [3.05, 3.63) is 95.1 Å². The molecule has 2 fully saturated rings. The monoisotopic (exact) mass is 1040 g/mol. The molecule has 6 rings (SSSR count). The van der Waals surface area contributed by atoms with E-state index in [1.165, 1.54) is 50.6 Å². The molecular formula is C38H44N4O18S6. The van der Waals surface area contributed by atoms with Crippen LogP contribution in [0.5, 0.6) is 11.5 Å². The van der Waals surface area contributed by atoms with Crippen molar-refractivity contribution in [2.75, 3.05) is 74.0 Å². The van der Waals surface area contributed by atoms with Crippen molar-refractivity contribution >= 4 is 96.8 Å². The Hall–Kier alpha value is -4.66. The molecule has 2 heterocycles. The van der Waals surface area contributed by atoms with E-state index in [0.29, 0.717) is 0 Å². The number of nitrogens with one attached hydrogen (secondary N) is 2.